The number of hydrogen-bond donors (Lipinski definition) is 2. The SMILES string of the molecule is COC(=O)[C@@H](Cc1cn(C(=O)OC(C)(C)C)c2ccccc12)NC(=O)[C@@H](Cc1ccccc1F)NC(C)=O. The number of carbonyl (C=O) groups excluding carboxylic acids is 4. The third kappa shape index (κ3) is 7.18. The molecule has 3 rings (SSSR count). The van der Waals surface area contributed by atoms with Crippen LogP contribution in [-0.4, -0.2) is 53.2 Å². The fourth-order valence-corrected chi connectivity index (χ4v) is 4.04. The Bertz CT molecular complexity index is 1340. The summed E-state index contributed by atoms with van der Waals surface area (Å²) >= 11 is 0. The van der Waals surface area contributed by atoms with Crippen LogP contribution in [0.1, 0.15) is 38.8 Å². The lowest BCUT2D eigenvalue weighted by Crippen LogP contribution is -2.53. The van der Waals surface area contributed by atoms with Gasteiger partial charge in [-0.1, -0.05) is 36.4 Å². The van der Waals surface area contributed by atoms with Crippen molar-refractivity contribution in [2.45, 2.75) is 58.2 Å². The van der Waals surface area contributed by atoms with Gasteiger partial charge >= 0.3 is 12.1 Å². The van der Waals surface area contributed by atoms with E-state index in [-0.39, 0.29) is 18.4 Å². The summed E-state index contributed by atoms with van der Waals surface area (Å²) < 4.78 is 26.0. The minimum Gasteiger partial charge on any atom is -0.467 e. The molecular weight excluding hydrogens is 493 g/mol. The second-order valence-corrected chi connectivity index (χ2v) is 9.86. The molecule has 0 saturated heterocycles. The molecule has 1 aromatic heterocycles. The van der Waals surface area contributed by atoms with Crippen LogP contribution in [0.5, 0.6) is 0 Å². The van der Waals surface area contributed by atoms with Gasteiger partial charge in [0, 0.05) is 31.3 Å². The van der Waals surface area contributed by atoms with Crippen LogP contribution in [0.2, 0.25) is 0 Å². The van der Waals surface area contributed by atoms with E-state index in [2.05, 4.69) is 10.6 Å². The molecule has 2 amide bonds. The number of nitrogens with one attached hydrogen (secondary N) is 2. The van der Waals surface area contributed by atoms with Gasteiger partial charge in [0.05, 0.1) is 12.6 Å². The first-order chi connectivity index (χ1) is 17.9. The smallest absolute Gasteiger partial charge is 0.419 e. The van der Waals surface area contributed by atoms with Crippen LogP contribution in [0.4, 0.5) is 9.18 Å². The fraction of sp³-hybridized carbons (Fsp3) is 0.357. The van der Waals surface area contributed by atoms with Gasteiger partial charge in [0.2, 0.25) is 11.8 Å². The Kier molecular flexibility index (Phi) is 8.88. The molecule has 38 heavy (non-hydrogen) atoms. The predicted molar refractivity (Wildman–Crippen MR) is 139 cm³/mol. The normalized spacial score (nSPS) is 12.9. The third-order valence-corrected chi connectivity index (χ3v) is 5.69. The first kappa shape index (κ1) is 28.4. The fourth-order valence-electron chi connectivity index (χ4n) is 4.04. The lowest BCUT2D eigenvalue weighted by atomic mass is 10.0. The third-order valence-electron chi connectivity index (χ3n) is 5.69. The maximum absolute atomic E-state index is 14.2. The van der Waals surface area contributed by atoms with E-state index < -0.39 is 47.4 Å². The lowest BCUT2D eigenvalue weighted by molar-refractivity contribution is -0.145. The summed E-state index contributed by atoms with van der Waals surface area (Å²) in [6.07, 6.45) is 0.839. The number of para-hydroxylation sites is 1. The summed E-state index contributed by atoms with van der Waals surface area (Å²) in [6, 6.07) is 10.7. The van der Waals surface area contributed by atoms with Gasteiger partial charge in [-0.05, 0) is 44.0 Å². The zero-order chi connectivity index (χ0) is 28.0. The van der Waals surface area contributed by atoms with Crippen LogP contribution >= 0.6 is 0 Å². The molecule has 0 aliphatic carbocycles. The number of amides is 2. The zero-order valence-corrected chi connectivity index (χ0v) is 22.0. The van der Waals surface area contributed by atoms with E-state index in [4.69, 9.17) is 9.47 Å². The lowest BCUT2D eigenvalue weighted by Gasteiger charge is -2.22. The Morgan fingerprint density at radius 1 is 0.921 bits per heavy atom. The molecule has 0 aliphatic heterocycles. The molecule has 0 aliphatic rings. The average molecular weight is 526 g/mol. The Morgan fingerprint density at radius 3 is 2.18 bits per heavy atom. The van der Waals surface area contributed by atoms with E-state index in [0.717, 1.165) is 0 Å². The van der Waals surface area contributed by atoms with Crippen LogP contribution in [0.15, 0.2) is 54.7 Å². The molecule has 0 radical (unpaired) electrons. The molecule has 2 aromatic carbocycles. The Balaban J connectivity index is 1.90. The summed E-state index contributed by atoms with van der Waals surface area (Å²) in [6.45, 7) is 6.51. The van der Waals surface area contributed by atoms with Crippen molar-refractivity contribution in [2.75, 3.05) is 7.11 Å². The molecule has 0 fully saturated rings. The number of aromatic nitrogens is 1. The molecule has 0 spiro atoms. The van der Waals surface area contributed by atoms with Gasteiger partial charge in [-0.15, -0.1) is 0 Å². The molecule has 1 heterocycles. The van der Waals surface area contributed by atoms with E-state index >= 15 is 0 Å². The van der Waals surface area contributed by atoms with Crippen molar-refractivity contribution in [3.8, 4) is 0 Å². The van der Waals surface area contributed by atoms with Crippen molar-refractivity contribution >= 4 is 34.8 Å². The van der Waals surface area contributed by atoms with Crippen LogP contribution < -0.4 is 10.6 Å². The number of rotatable bonds is 8. The molecule has 2 atom stereocenters. The van der Waals surface area contributed by atoms with Crippen molar-refractivity contribution in [2.24, 2.45) is 0 Å². The van der Waals surface area contributed by atoms with E-state index in [1.54, 1.807) is 57.3 Å². The van der Waals surface area contributed by atoms with Crippen LogP contribution in [0.25, 0.3) is 10.9 Å². The van der Waals surface area contributed by atoms with Crippen LogP contribution in [0, 0.1) is 5.82 Å². The number of nitrogens with zero attached hydrogens (tertiary/aromatic N) is 1. The summed E-state index contributed by atoms with van der Waals surface area (Å²) in [5.74, 6) is -2.42. The largest absolute Gasteiger partial charge is 0.467 e. The molecule has 0 bridgehead atoms. The van der Waals surface area contributed by atoms with E-state index in [1.807, 2.05) is 0 Å². The zero-order valence-electron chi connectivity index (χ0n) is 22.0. The number of esters is 1. The van der Waals surface area contributed by atoms with E-state index in [0.29, 0.717) is 16.5 Å². The van der Waals surface area contributed by atoms with E-state index in [1.165, 1.54) is 36.8 Å². The first-order valence-corrected chi connectivity index (χ1v) is 12.1. The van der Waals surface area contributed by atoms with Crippen molar-refractivity contribution in [3.05, 3.63) is 71.7 Å². The number of carbonyl (C=O) groups is 4. The topological polar surface area (TPSA) is 116 Å². The molecule has 0 unspecified atom stereocenters. The highest BCUT2D eigenvalue weighted by atomic mass is 19.1. The van der Waals surface area contributed by atoms with Crippen LogP contribution in [-0.2, 0) is 36.7 Å². The summed E-state index contributed by atoms with van der Waals surface area (Å²) in [5.41, 5.74) is 0.674. The number of benzene rings is 2. The Labute approximate surface area is 220 Å². The highest BCUT2D eigenvalue weighted by molar-refractivity contribution is 5.94. The molecule has 3 aromatic rings. The second-order valence-electron chi connectivity index (χ2n) is 9.86. The maximum Gasteiger partial charge on any atom is 0.419 e. The summed E-state index contributed by atoms with van der Waals surface area (Å²) in [5, 5.41) is 5.83. The van der Waals surface area contributed by atoms with E-state index in [9.17, 15) is 23.6 Å². The number of methoxy groups -OCH3 is 1. The number of hydrogen-bond acceptors (Lipinski definition) is 6. The van der Waals surface area contributed by atoms with Gasteiger partial charge in [0.15, 0.2) is 0 Å². The van der Waals surface area contributed by atoms with Gasteiger partial charge in [-0.3, -0.25) is 14.2 Å². The Morgan fingerprint density at radius 2 is 1.55 bits per heavy atom. The van der Waals surface area contributed by atoms with Gasteiger partial charge in [-0.2, -0.15) is 0 Å². The number of halogens is 1. The molecule has 9 nitrogen and oxygen atoms in total. The molecule has 202 valence electrons. The van der Waals surface area contributed by atoms with Gasteiger partial charge in [0.25, 0.3) is 0 Å². The number of fused-ring (bicyclic) bond motifs is 1. The van der Waals surface area contributed by atoms with Crippen LogP contribution in [0.3, 0.4) is 0 Å². The highest BCUT2D eigenvalue weighted by Gasteiger charge is 2.29. The predicted octanol–water partition coefficient (Wildman–Crippen LogP) is 3.51. The molecule has 0 saturated carbocycles. The van der Waals surface area contributed by atoms with Gasteiger partial charge in [-0.25, -0.2) is 14.0 Å². The van der Waals surface area contributed by atoms with Gasteiger partial charge < -0.3 is 20.1 Å². The molecule has 2 N–H and O–H groups in total. The minimum atomic E-state index is -1.15. The standard InChI is InChI=1S/C28H32FN3O6/c1-17(33)30-22(14-18-10-6-8-12-21(18)29)25(34)31-23(26(35)37-5)15-19-16-32(27(36)38-28(2,3)4)24-13-9-7-11-20(19)24/h6-13,16,22-23H,14-15H2,1-5H3,(H,30,33)(H,31,34)/t22-,23-/m1/s1. The Hall–Kier alpha value is -4.21. The van der Waals surface area contributed by atoms with Crippen molar-refractivity contribution in [3.63, 3.8) is 0 Å². The highest BCUT2D eigenvalue weighted by Crippen LogP contribution is 2.24. The van der Waals surface area contributed by atoms with Crippen molar-refractivity contribution in [1.29, 1.82) is 0 Å². The first-order valence-electron chi connectivity index (χ1n) is 12.1. The molecular formula is C28H32FN3O6. The average Bonchev–Trinajstić information content (AvgIpc) is 3.21. The minimum absolute atomic E-state index is 0.0127. The molecule has 10 heteroatoms. The quantitative estimate of drug-likeness (QED) is 0.435. The van der Waals surface area contributed by atoms with Crippen molar-refractivity contribution in [1.82, 2.24) is 15.2 Å². The van der Waals surface area contributed by atoms with Crippen molar-refractivity contribution < 1.29 is 33.0 Å². The van der Waals surface area contributed by atoms with Gasteiger partial charge in [0.1, 0.15) is 23.5 Å². The number of ether oxygens (including phenoxy) is 2. The monoisotopic (exact) mass is 525 g/mol. The second kappa shape index (κ2) is 11.9. The summed E-state index contributed by atoms with van der Waals surface area (Å²) in [4.78, 5) is 50.5. The maximum atomic E-state index is 14.2. The summed E-state index contributed by atoms with van der Waals surface area (Å²) in [7, 11) is 1.19.